The van der Waals surface area contributed by atoms with Gasteiger partial charge in [0, 0.05) is 5.54 Å². The number of ether oxygens (including phenoxy) is 1. The fourth-order valence-electron chi connectivity index (χ4n) is 2.63. The summed E-state index contributed by atoms with van der Waals surface area (Å²) in [5.41, 5.74) is -1.05. The molecule has 2 N–H and O–H groups in total. The number of hydrogen-bond donors (Lipinski definition) is 2. The van der Waals surface area contributed by atoms with E-state index >= 15 is 0 Å². The van der Waals surface area contributed by atoms with Gasteiger partial charge < -0.3 is 15.4 Å². The van der Waals surface area contributed by atoms with Crippen LogP contribution in [0.1, 0.15) is 39.7 Å². The summed E-state index contributed by atoms with van der Waals surface area (Å²) in [5, 5.41) is 5.34. The summed E-state index contributed by atoms with van der Waals surface area (Å²) in [6, 6.07) is 8.08. The second-order valence-corrected chi connectivity index (χ2v) is 7.26. The molecule has 146 valence electrons. The van der Waals surface area contributed by atoms with E-state index in [0.29, 0.717) is 12.0 Å². The van der Waals surface area contributed by atoms with Gasteiger partial charge in [-0.05, 0) is 32.8 Å². The van der Waals surface area contributed by atoms with Crippen molar-refractivity contribution in [3.63, 3.8) is 0 Å². The zero-order valence-electron chi connectivity index (χ0n) is 16.0. The average Bonchev–Trinajstić information content (AvgIpc) is 2.84. The number of carbonyl (C=O) groups is 4. The van der Waals surface area contributed by atoms with Crippen LogP contribution in [0.3, 0.4) is 0 Å². The van der Waals surface area contributed by atoms with E-state index in [1.807, 2.05) is 20.8 Å². The molecule has 2 rings (SSSR count). The molecule has 1 aromatic carbocycles. The van der Waals surface area contributed by atoms with E-state index in [2.05, 4.69) is 10.6 Å². The molecule has 1 aliphatic rings. The SMILES string of the molecule is CCC(C)(C)NC(=O)COC(=O)CN1C(=O)N[C@](C)(c2ccccc2)C1=O. The predicted molar refractivity (Wildman–Crippen MR) is 97.5 cm³/mol. The van der Waals surface area contributed by atoms with Crippen LogP contribution in [0.15, 0.2) is 30.3 Å². The maximum atomic E-state index is 12.7. The van der Waals surface area contributed by atoms with Crippen molar-refractivity contribution in [3.05, 3.63) is 35.9 Å². The molecule has 1 saturated heterocycles. The largest absolute Gasteiger partial charge is 0.454 e. The molecular weight excluding hydrogens is 350 g/mol. The minimum Gasteiger partial charge on any atom is -0.454 e. The molecule has 1 aromatic rings. The summed E-state index contributed by atoms with van der Waals surface area (Å²) >= 11 is 0. The van der Waals surface area contributed by atoms with E-state index in [1.54, 1.807) is 37.3 Å². The van der Waals surface area contributed by atoms with Gasteiger partial charge >= 0.3 is 12.0 Å². The number of amides is 4. The van der Waals surface area contributed by atoms with Crippen molar-refractivity contribution in [2.75, 3.05) is 13.2 Å². The van der Waals surface area contributed by atoms with Gasteiger partial charge in [0.2, 0.25) is 0 Å². The van der Waals surface area contributed by atoms with E-state index < -0.39 is 48.0 Å². The summed E-state index contributed by atoms with van der Waals surface area (Å²) in [6.45, 7) is 6.18. The van der Waals surface area contributed by atoms with Crippen molar-refractivity contribution in [3.8, 4) is 0 Å². The van der Waals surface area contributed by atoms with E-state index in [0.717, 1.165) is 4.90 Å². The molecule has 8 heteroatoms. The molecule has 0 unspecified atom stereocenters. The molecule has 0 bridgehead atoms. The third-order valence-corrected chi connectivity index (χ3v) is 4.64. The highest BCUT2D eigenvalue weighted by molar-refractivity contribution is 6.08. The van der Waals surface area contributed by atoms with Crippen LogP contribution in [0.2, 0.25) is 0 Å². The summed E-state index contributed by atoms with van der Waals surface area (Å²) < 4.78 is 4.90. The Morgan fingerprint density at radius 1 is 1.22 bits per heavy atom. The number of rotatable bonds is 7. The molecule has 8 nitrogen and oxygen atoms in total. The Bertz CT molecular complexity index is 747. The highest BCUT2D eigenvalue weighted by Crippen LogP contribution is 2.28. The molecule has 0 spiro atoms. The molecular formula is C19H25N3O5. The van der Waals surface area contributed by atoms with Crippen LogP contribution in [0, 0.1) is 0 Å². The summed E-state index contributed by atoms with van der Waals surface area (Å²) in [5.74, 6) is -1.82. The lowest BCUT2D eigenvalue weighted by Gasteiger charge is -2.24. The highest BCUT2D eigenvalue weighted by atomic mass is 16.5. The Hall–Kier alpha value is -2.90. The fraction of sp³-hybridized carbons (Fsp3) is 0.474. The highest BCUT2D eigenvalue weighted by Gasteiger charge is 2.49. The van der Waals surface area contributed by atoms with Gasteiger partial charge in [0.05, 0.1) is 0 Å². The third kappa shape index (κ3) is 4.64. The lowest BCUT2D eigenvalue weighted by atomic mass is 9.92. The van der Waals surface area contributed by atoms with Gasteiger partial charge in [0.25, 0.3) is 11.8 Å². The van der Waals surface area contributed by atoms with Gasteiger partial charge in [-0.3, -0.25) is 19.3 Å². The number of urea groups is 1. The van der Waals surface area contributed by atoms with Gasteiger partial charge in [0.15, 0.2) is 6.61 Å². The van der Waals surface area contributed by atoms with Crippen LogP contribution in [0.5, 0.6) is 0 Å². The van der Waals surface area contributed by atoms with Crippen molar-refractivity contribution in [2.45, 2.75) is 45.2 Å². The summed E-state index contributed by atoms with van der Waals surface area (Å²) in [4.78, 5) is 49.5. The molecule has 4 amide bonds. The molecule has 1 aliphatic heterocycles. The number of nitrogens with zero attached hydrogens (tertiary/aromatic N) is 1. The van der Waals surface area contributed by atoms with Crippen molar-refractivity contribution in [2.24, 2.45) is 0 Å². The van der Waals surface area contributed by atoms with Crippen LogP contribution in [0.4, 0.5) is 4.79 Å². The summed E-state index contributed by atoms with van der Waals surface area (Å²) in [7, 11) is 0. The number of nitrogens with one attached hydrogen (secondary N) is 2. The van der Waals surface area contributed by atoms with Crippen molar-refractivity contribution < 1.29 is 23.9 Å². The maximum absolute atomic E-state index is 12.7. The molecule has 1 fully saturated rings. The Balaban J connectivity index is 1.95. The number of benzene rings is 1. The normalized spacial score (nSPS) is 19.6. The Labute approximate surface area is 158 Å². The average molecular weight is 375 g/mol. The smallest absolute Gasteiger partial charge is 0.326 e. The number of esters is 1. The number of hydrogen-bond acceptors (Lipinski definition) is 5. The van der Waals surface area contributed by atoms with Gasteiger partial charge in [-0.1, -0.05) is 37.3 Å². The maximum Gasteiger partial charge on any atom is 0.326 e. The topological polar surface area (TPSA) is 105 Å². The molecule has 1 atom stereocenters. The Kier molecular flexibility index (Phi) is 5.88. The fourth-order valence-corrected chi connectivity index (χ4v) is 2.63. The first kappa shape index (κ1) is 20.4. The first-order chi connectivity index (χ1) is 12.6. The van der Waals surface area contributed by atoms with E-state index in [1.165, 1.54) is 0 Å². The zero-order valence-corrected chi connectivity index (χ0v) is 16.0. The van der Waals surface area contributed by atoms with Gasteiger partial charge in [-0.25, -0.2) is 4.79 Å². The number of imide groups is 1. The lowest BCUT2D eigenvalue weighted by Crippen LogP contribution is -2.45. The zero-order chi connectivity index (χ0) is 20.2. The minimum atomic E-state index is -1.25. The Morgan fingerprint density at radius 3 is 2.44 bits per heavy atom. The van der Waals surface area contributed by atoms with Crippen LogP contribution in [0.25, 0.3) is 0 Å². The number of carbonyl (C=O) groups excluding carboxylic acids is 4. The quantitative estimate of drug-likeness (QED) is 0.552. The predicted octanol–water partition coefficient (Wildman–Crippen LogP) is 1.30. The Morgan fingerprint density at radius 2 is 1.85 bits per heavy atom. The second kappa shape index (κ2) is 7.77. The van der Waals surface area contributed by atoms with Crippen molar-refractivity contribution in [1.82, 2.24) is 15.5 Å². The molecule has 0 saturated carbocycles. The molecule has 1 heterocycles. The second-order valence-electron chi connectivity index (χ2n) is 7.26. The lowest BCUT2D eigenvalue weighted by molar-refractivity contribution is -0.151. The van der Waals surface area contributed by atoms with E-state index in [-0.39, 0.29) is 0 Å². The van der Waals surface area contributed by atoms with Crippen LogP contribution >= 0.6 is 0 Å². The third-order valence-electron chi connectivity index (χ3n) is 4.64. The van der Waals surface area contributed by atoms with Gasteiger partial charge in [-0.2, -0.15) is 0 Å². The van der Waals surface area contributed by atoms with Gasteiger partial charge in [-0.15, -0.1) is 0 Å². The monoisotopic (exact) mass is 375 g/mol. The van der Waals surface area contributed by atoms with Gasteiger partial charge in [0.1, 0.15) is 12.1 Å². The first-order valence-electron chi connectivity index (χ1n) is 8.75. The van der Waals surface area contributed by atoms with Crippen LogP contribution in [-0.2, 0) is 24.7 Å². The summed E-state index contributed by atoms with van der Waals surface area (Å²) in [6.07, 6.45) is 0.715. The van der Waals surface area contributed by atoms with Crippen LogP contribution < -0.4 is 10.6 Å². The molecule has 0 radical (unpaired) electrons. The van der Waals surface area contributed by atoms with Crippen LogP contribution in [-0.4, -0.2) is 47.4 Å². The molecule has 0 aliphatic carbocycles. The van der Waals surface area contributed by atoms with Crippen molar-refractivity contribution in [1.29, 1.82) is 0 Å². The van der Waals surface area contributed by atoms with Crippen molar-refractivity contribution >= 4 is 23.8 Å². The molecule has 0 aromatic heterocycles. The van der Waals surface area contributed by atoms with E-state index in [4.69, 9.17) is 4.74 Å². The van der Waals surface area contributed by atoms with E-state index in [9.17, 15) is 19.2 Å². The molecule has 27 heavy (non-hydrogen) atoms. The first-order valence-corrected chi connectivity index (χ1v) is 8.75. The standard InChI is InChI=1S/C19H25N3O5/c1-5-18(2,3)20-14(23)12-27-15(24)11-22-16(25)19(4,21-17(22)26)13-9-7-6-8-10-13/h6-10H,5,11-12H2,1-4H3,(H,20,23)(H,21,26)/t19-/m1/s1. The minimum absolute atomic E-state index is 0.411.